The van der Waals surface area contributed by atoms with Crippen LogP contribution in [0, 0.1) is 5.92 Å². The van der Waals surface area contributed by atoms with E-state index in [4.69, 9.17) is 10.5 Å². The standard InChI is InChI=1S/C12H19NO2/c13-10-5-3-4-9(8-10)12(14)11-6-1-2-7-15-11/h6,9-10H,1-5,7-8,13H2. The van der Waals surface area contributed by atoms with Crippen molar-refractivity contribution in [3.05, 3.63) is 11.8 Å². The van der Waals surface area contributed by atoms with E-state index in [1.807, 2.05) is 6.08 Å². The highest BCUT2D eigenvalue weighted by molar-refractivity contribution is 5.95. The summed E-state index contributed by atoms with van der Waals surface area (Å²) >= 11 is 0. The molecular weight excluding hydrogens is 190 g/mol. The Morgan fingerprint density at radius 3 is 2.93 bits per heavy atom. The van der Waals surface area contributed by atoms with Crippen LogP contribution < -0.4 is 5.73 Å². The molecule has 0 amide bonds. The second-order valence-electron chi connectivity index (χ2n) is 4.55. The van der Waals surface area contributed by atoms with Crippen LogP contribution in [-0.4, -0.2) is 18.4 Å². The summed E-state index contributed by atoms with van der Waals surface area (Å²) in [5.41, 5.74) is 5.88. The smallest absolute Gasteiger partial charge is 0.200 e. The maximum absolute atomic E-state index is 12.0. The number of carbonyl (C=O) groups excluding carboxylic acids is 1. The van der Waals surface area contributed by atoms with Crippen molar-refractivity contribution in [2.45, 2.75) is 44.6 Å². The van der Waals surface area contributed by atoms with Gasteiger partial charge in [0.2, 0.25) is 0 Å². The van der Waals surface area contributed by atoms with Crippen molar-refractivity contribution in [3.63, 3.8) is 0 Å². The van der Waals surface area contributed by atoms with Crippen LogP contribution >= 0.6 is 0 Å². The second-order valence-corrected chi connectivity index (χ2v) is 4.55. The molecule has 0 radical (unpaired) electrons. The van der Waals surface area contributed by atoms with Crippen molar-refractivity contribution in [1.82, 2.24) is 0 Å². The number of hydrogen-bond acceptors (Lipinski definition) is 3. The number of carbonyl (C=O) groups is 1. The maximum Gasteiger partial charge on any atom is 0.200 e. The molecule has 84 valence electrons. The van der Waals surface area contributed by atoms with Crippen molar-refractivity contribution < 1.29 is 9.53 Å². The molecule has 2 rings (SSSR count). The number of nitrogens with two attached hydrogens (primary N) is 1. The average molecular weight is 209 g/mol. The first-order valence-corrected chi connectivity index (χ1v) is 5.90. The summed E-state index contributed by atoms with van der Waals surface area (Å²) in [6, 6.07) is 0.205. The predicted molar refractivity (Wildman–Crippen MR) is 58.2 cm³/mol. The quantitative estimate of drug-likeness (QED) is 0.754. The first kappa shape index (κ1) is 10.7. The fraction of sp³-hybridized carbons (Fsp3) is 0.750. The molecule has 0 aromatic rings. The van der Waals surface area contributed by atoms with Gasteiger partial charge in [-0.3, -0.25) is 4.79 Å². The van der Waals surface area contributed by atoms with E-state index >= 15 is 0 Å². The molecule has 2 unspecified atom stereocenters. The molecular formula is C12H19NO2. The lowest BCUT2D eigenvalue weighted by Crippen LogP contribution is -2.32. The van der Waals surface area contributed by atoms with Gasteiger partial charge in [0.1, 0.15) is 0 Å². The van der Waals surface area contributed by atoms with Gasteiger partial charge in [-0.2, -0.15) is 0 Å². The largest absolute Gasteiger partial charge is 0.490 e. The predicted octanol–water partition coefficient (Wildman–Crippen LogP) is 1.77. The molecule has 1 saturated carbocycles. The molecule has 15 heavy (non-hydrogen) atoms. The summed E-state index contributed by atoms with van der Waals surface area (Å²) in [6.45, 7) is 0.691. The Kier molecular flexibility index (Phi) is 3.41. The molecule has 2 atom stereocenters. The summed E-state index contributed by atoms with van der Waals surface area (Å²) in [5, 5.41) is 0. The first-order chi connectivity index (χ1) is 7.27. The molecule has 0 aromatic heterocycles. The zero-order valence-corrected chi connectivity index (χ0v) is 9.08. The molecule has 1 aliphatic heterocycles. The normalized spacial score (nSPS) is 31.7. The number of ether oxygens (including phenoxy) is 1. The lowest BCUT2D eigenvalue weighted by atomic mass is 9.82. The Hall–Kier alpha value is -0.830. The van der Waals surface area contributed by atoms with E-state index in [0.29, 0.717) is 12.4 Å². The van der Waals surface area contributed by atoms with E-state index in [-0.39, 0.29) is 17.7 Å². The van der Waals surface area contributed by atoms with Gasteiger partial charge in [-0.25, -0.2) is 0 Å². The molecule has 1 fully saturated rings. The van der Waals surface area contributed by atoms with Crippen molar-refractivity contribution in [3.8, 4) is 0 Å². The number of hydrogen-bond donors (Lipinski definition) is 1. The molecule has 0 saturated heterocycles. The fourth-order valence-corrected chi connectivity index (χ4v) is 2.40. The van der Waals surface area contributed by atoms with E-state index < -0.39 is 0 Å². The van der Waals surface area contributed by atoms with Gasteiger partial charge < -0.3 is 10.5 Å². The molecule has 2 N–H and O–H groups in total. The first-order valence-electron chi connectivity index (χ1n) is 5.90. The van der Waals surface area contributed by atoms with E-state index in [1.54, 1.807) is 0 Å². The van der Waals surface area contributed by atoms with Crippen LogP contribution in [0.3, 0.4) is 0 Å². The third kappa shape index (κ3) is 2.59. The Bertz CT molecular complexity index is 273. The molecule has 3 nitrogen and oxygen atoms in total. The SMILES string of the molecule is NC1CCCC(C(=O)C2=CCCCO2)C1. The summed E-state index contributed by atoms with van der Waals surface area (Å²) < 4.78 is 5.40. The van der Waals surface area contributed by atoms with E-state index in [1.165, 1.54) is 0 Å². The Morgan fingerprint density at radius 2 is 2.27 bits per heavy atom. The summed E-state index contributed by atoms with van der Waals surface area (Å²) in [4.78, 5) is 12.0. The molecule has 1 aliphatic carbocycles. The van der Waals surface area contributed by atoms with Crippen molar-refractivity contribution >= 4 is 5.78 Å². The van der Waals surface area contributed by atoms with Crippen LogP contribution in [0.1, 0.15) is 38.5 Å². The van der Waals surface area contributed by atoms with Crippen LogP contribution in [-0.2, 0) is 9.53 Å². The number of Topliss-reactive ketones (excluding diaryl/α,β-unsaturated/α-hetero) is 1. The highest BCUT2D eigenvalue weighted by atomic mass is 16.5. The molecule has 3 heteroatoms. The maximum atomic E-state index is 12.0. The van der Waals surface area contributed by atoms with Crippen molar-refractivity contribution in [2.75, 3.05) is 6.61 Å². The molecule has 0 aromatic carbocycles. The van der Waals surface area contributed by atoms with Crippen LogP contribution in [0.2, 0.25) is 0 Å². The summed E-state index contributed by atoms with van der Waals surface area (Å²) in [6.07, 6.45) is 7.88. The van der Waals surface area contributed by atoms with Gasteiger partial charge >= 0.3 is 0 Å². The molecule has 2 aliphatic rings. The fourth-order valence-electron chi connectivity index (χ4n) is 2.40. The van der Waals surface area contributed by atoms with E-state index in [0.717, 1.165) is 38.5 Å². The van der Waals surface area contributed by atoms with Crippen LogP contribution in [0.4, 0.5) is 0 Å². The average Bonchev–Trinajstić information content (AvgIpc) is 2.29. The number of rotatable bonds is 2. The molecule has 1 heterocycles. The minimum Gasteiger partial charge on any atom is -0.490 e. The minimum absolute atomic E-state index is 0.109. The Labute approximate surface area is 90.7 Å². The summed E-state index contributed by atoms with van der Waals surface area (Å²) in [7, 11) is 0. The zero-order chi connectivity index (χ0) is 10.7. The second kappa shape index (κ2) is 4.79. The van der Waals surface area contributed by atoms with Gasteiger partial charge in [0.05, 0.1) is 6.61 Å². The van der Waals surface area contributed by atoms with Gasteiger partial charge in [-0.05, 0) is 38.2 Å². The van der Waals surface area contributed by atoms with Gasteiger partial charge in [0.15, 0.2) is 11.5 Å². The van der Waals surface area contributed by atoms with Gasteiger partial charge in [0.25, 0.3) is 0 Å². The Balaban J connectivity index is 1.97. The zero-order valence-electron chi connectivity index (χ0n) is 9.08. The van der Waals surface area contributed by atoms with E-state index in [9.17, 15) is 4.79 Å². The van der Waals surface area contributed by atoms with Gasteiger partial charge in [-0.1, -0.05) is 6.42 Å². The lowest BCUT2D eigenvalue weighted by Gasteiger charge is -2.26. The van der Waals surface area contributed by atoms with Gasteiger partial charge in [-0.15, -0.1) is 0 Å². The van der Waals surface area contributed by atoms with Crippen molar-refractivity contribution in [1.29, 1.82) is 0 Å². The lowest BCUT2D eigenvalue weighted by molar-refractivity contribution is -0.124. The van der Waals surface area contributed by atoms with Crippen LogP contribution in [0.15, 0.2) is 11.8 Å². The monoisotopic (exact) mass is 209 g/mol. The minimum atomic E-state index is 0.109. The van der Waals surface area contributed by atoms with Crippen LogP contribution in [0.25, 0.3) is 0 Å². The number of ketones is 1. The highest BCUT2D eigenvalue weighted by Gasteiger charge is 2.28. The highest BCUT2D eigenvalue weighted by Crippen LogP contribution is 2.27. The van der Waals surface area contributed by atoms with Crippen molar-refractivity contribution in [2.24, 2.45) is 11.7 Å². The van der Waals surface area contributed by atoms with E-state index in [2.05, 4.69) is 0 Å². The molecule has 0 spiro atoms. The summed E-state index contributed by atoms with van der Waals surface area (Å²) in [5.74, 6) is 0.892. The third-order valence-electron chi connectivity index (χ3n) is 3.26. The number of allylic oxidation sites excluding steroid dienone is 2. The molecule has 0 bridgehead atoms. The van der Waals surface area contributed by atoms with Gasteiger partial charge in [0, 0.05) is 12.0 Å². The third-order valence-corrected chi connectivity index (χ3v) is 3.26. The van der Waals surface area contributed by atoms with Crippen LogP contribution in [0.5, 0.6) is 0 Å². The topological polar surface area (TPSA) is 52.3 Å². The Morgan fingerprint density at radius 1 is 1.40 bits per heavy atom.